The molecule has 1 N–H and O–H groups in total. The second kappa shape index (κ2) is 4.34. The number of hydrogen-bond acceptors (Lipinski definition) is 2. The molecule has 2 aliphatic rings. The van der Waals surface area contributed by atoms with Gasteiger partial charge in [0.25, 0.3) is 0 Å². The van der Waals surface area contributed by atoms with Crippen molar-refractivity contribution < 1.29 is 0 Å². The van der Waals surface area contributed by atoms with Gasteiger partial charge in [0.1, 0.15) is 5.15 Å². The molecule has 2 bridgehead atoms. The van der Waals surface area contributed by atoms with Crippen molar-refractivity contribution in [2.24, 2.45) is 11.8 Å². The largest absolute Gasteiger partial charge is 0.310 e. The average molecular weight is 237 g/mol. The predicted molar refractivity (Wildman–Crippen MR) is 65.3 cm³/mol. The first kappa shape index (κ1) is 10.5. The Morgan fingerprint density at radius 3 is 2.88 bits per heavy atom. The predicted octanol–water partition coefficient (Wildman–Crippen LogP) is 3.01. The minimum Gasteiger partial charge on any atom is -0.310 e. The van der Waals surface area contributed by atoms with Crippen molar-refractivity contribution in [1.29, 1.82) is 0 Å². The third-order valence-electron chi connectivity index (χ3n) is 4.10. The lowest BCUT2D eigenvalue weighted by Gasteiger charge is -2.22. The summed E-state index contributed by atoms with van der Waals surface area (Å²) < 4.78 is 0. The van der Waals surface area contributed by atoms with Gasteiger partial charge in [0, 0.05) is 18.8 Å². The molecule has 3 unspecified atom stereocenters. The number of rotatable bonds is 3. The van der Waals surface area contributed by atoms with Gasteiger partial charge in [0.15, 0.2) is 0 Å². The van der Waals surface area contributed by atoms with Crippen LogP contribution in [0.15, 0.2) is 18.3 Å². The van der Waals surface area contributed by atoms with E-state index in [-0.39, 0.29) is 0 Å². The first-order valence-electron chi connectivity index (χ1n) is 6.15. The van der Waals surface area contributed by atoms with E-state index in [4.69, 9.17) is 11.6 Å². The lowest BCUT2D eigenvalue weighted by molar-refractivity contribution is 0.350. The molecule has 0 aliphatic heterocycles. The number of hydrogen-bond donors (Lipinski definition) is 1. The van der Waals surface area contributed by atoms with E-state index in [1.165, 1.54) is 31.2 Å². The molecule has 16 heavy (non-hydrogen) atoms. The molecule has 0 aromatic carbocycles. The van der Waals surface area contributed by atoms with Crippen LogP contribution < -0.4 is 5.32 Å². The zero-order valence-electron chi connectivity index (χ0n) is 9.32. The second-order valence-electron chi connectivity index (χ2n) is 5.15. The van der Waals surface area contributed by atoms with Crippen molar-refractivity contribution in [3.8, 4) is 0 Å². The highest BCUT2D eigenvalue weighted by molar-refractivity contribution is 6.29. The third-order valence-corrected chi connectivity index (χ3v) is 4.32. The van der Waals surface area contributed by atoms with Gasteiger partial charge in [-0.25, -0.2) is 4.98 Å². The fourth-order valence-electron chi connectivity index (χ4n) is 3.25. The summed E-state index contributed by atoms with van der Waals surface area (Å²) in [6, 6.07) is 4.66. The highest BCUT2D eigenvalue weighted by atomic mass is 35.5. The fraction of sp³-hybridized carbons (Fsp3) is 0.615. The Kier molecular flexibility index (Phi) is 2.86. The lowest BCUT2D eigenvalue weighted by Crippen LogP contribution is -2.33. The van der Waals surface area contributed by atoms with Crippen LogP contribution >= 0.6 is 11.6 Å². The topological polar surface area (TPSA) is 24.9 Å². The van der Waals surface area contributed by atoms with Gasteiger partial charge in [-0.3, -0.25) is 0 Å². The average Bonchev–Trinajstić information content (AvgIpc) is 2.90. The Balaban J connectivity index is 1.55. The number of halogens is 1. The molecule has 0 radical (unpaired) electrons. The van der Waals surface area contributed by atoms with Crippen molar-refractivity contribution in [2.45, 2.75) is 38.3 Å². The molecular weight excluding hydrogens is 220 g/mol. The summed E-state index contributed by atoms with van der Waals surface area (Å²) in [5.41, 5.74) is 1.23. The SMILES string of the molecule is Clc1ccc(CNC2CC3CCC2C3)cn1. The Hall–Kier alpha value is -0.600. The van der Waals surface area contributed by atoms with E-state index in [0.29, 0.717) is 5.15 Å². The Morgan fingerprint density at radius 2 is 2.25 bits per heavy atom. The van der Waals surface area contributed by atoms with Crippen LogP contribution in [0.5, 0.6) is 0 Å². The quantitative estimate of drug-likeness (QED) is 0.817. The van der Waals surface area contributed by atoms with E-state index in [1.54, 1.807) is 0 Å². The summed E-state index contributed by atoms with van der Waals surface area (Å²) in [7, 11) is 0. The van der Waals surface area contributed by atoms with Gasteiger partial charge >= 0.3 is 0 Å². The van der Waals surface area contributed by atoms with E-state index >= 15 is 0 Å². The van der Waals surface area contributed by atoms with Crippen molar-refractivity contribution >= 4 is 11.6 Å². The number of aromatic nitrogens is 1. The van der Waals surface area contributed by atoms with Crippen LogP contribution in [-0.4, -0.2) is 11.0 Å². The molecule has 0 spiro atoms. The molecule has 2 fully saturated rings. The highest BCUT2D eigenvalue weighted by Gasteiger charge is 2.38. The third kappa shape index (κ3) is 2.09. The Bertz CT molecular complexity index is 363. The summed E-state index contributed by atoms with van der Waals surface area (Å²) >= 11 is 5.76. The van der Waals surface area contributed by atoms with E-state index < -0.39 is 0 Å². The van der Waals surface area contributed by atoms with Crippen LogP contribution in [-0.2, 0) is 6.54 Å². The first-order valence-corrected chi connectivity index (χ1v) is 6.53. The standard InChI is InChI=1S/C13H17ClN2/c14-13-4-2-10(8-16-13)7-15-12-6-9-1-3-11(12)5-9/h2,4,8-9,11-12,15H,1,3,5-7H2. The molecule has 3 rings (SSSR count). The highest BCUT2D eigenvalue weighted by Crippen LogP contribution is 2.44. The van der Waals surface area contributed by atoms with Gasteiger partial charge < -0.3 is 5.32 Å². The normalized spacial score (nSPS) is 32.2. The Labute approximate surface area is 101 Å². The fourth-order valence-corrected chi connectivity index (χ4v) is 3.37. The van der Waals surface area contributed by atoms with Gasteiger partial charge in [-0.15, -0.1) is 0 Å². The minimum absolute atomic E-state index is 0.573. The molecule has 3 heteroatoms. The van der Waals surface area contributed by atoms with Crippen LogP contribution in [0, 0.1) is 11.8 Å². The van der Waals surface area contributed by atoms with Crippen LogP contribution in [0.3, 0.4) is 0 Å². The zero-order chi connectivity index (χ0) is 11.0. The second-order valence-corrected chi connectivity index (χ2v) is 5.54. The molecule has 2 saturated carbocycles. The van der Waals surface area contributed by atoms with Gasteiger partial charge in [0.2, 0.25) is 0 Å². The summed E-state index contributed by atoms with van der Waals surface area (Å²) in [6.07, 6.45) is 7.59. The molecule has 1 heterocycles. The van der Waals surface area contributed by atoms with Crippen LogP contribution in [0.4, 0.5) is 0 Å². The van der Waals surface area contributed by atoms with Crippen LogP contribution in [0.25, 0.3) is 0 Å². The lowest BCUT2D eigenvalue weighted by atomic mass is 9.95. The zero-order valence-corrected chi connectivity index (χ0v) is 10.1. The summed E-state index contributed by atoms with van der Waals surface area (Å²) in [6.45, 7) is 0.929. The van der Waals surface area contributed by atoms with Gasteiger partial charge in [-0.05, 0) is 42.7 Å². The Morgan fingerprint density at radius 1 is 1.31 bits per heavy atom. The summed E-state index contributed by atoms with van der Waals surface area (Å²) in [4.78, 5) is 4.10. The van der Waals surface area contributed by atoms with E-state index in [0.717, 1.165) is 24.4 Å². The maximum Gasteiger partial charge on any atom is 0.129 e. The molecular formula is C13H17ClN2. The summed E-state index contributed by atoms with van der Waals surface area (Å²) in [5, 5.41) is 4.24. The van der Waals surface area contributed by atoms with E-state index in [2.05, 4.69) is 16.4 Å². The number of nitrogens with one attached hydrogen (secondary N) is 1. The maximum absolute atomic E-state index is 5.76. The van der Waals surface area contributed by atoms with Gasteiger partial charge in [-0.1, -0.05) is 24.1 Å². The monoisotopic (exact) mass is 236 g/mol. The molecule has 3 atom stereocenters. The van der Waals surface area contributed by atoms with Gasteiger partial charge in [0.05, 0.1) is 0 Å². The van der Waals surface area contributed by atoms with E-state index in [1.807, 2.05) is 12.3 Å². The maximum atomic E-state index is 5.76. The van der Waals surface area contributed by atoms with E-state index in [9.17, 15) is 0 Å². The van der Waals surface area contributed by atoms with Crippen molar-refractivity contribution in [2.75, 3.05) is 0 Å². The van der Waals surface area contributed by atoms with Crippen molar-refractivity contribution in [3.05, 3.63) is 29.0 Å². The molecule has 1 aromatic rings. The molecule has 0 amide bonds. The first-order chi connectivity index (χ1) is 7.81. The molecule has 1 aromatic heterocycles. The number of pyridine rings is 1. The van der Waals surface area contributed by atoms with Crippen LogP contribution in [0.2, 0.25) is 5.15 Å². The molecule has 86 valence electrons. The van der Waals surface area contributed by atoms with Gasteiger partial charge in [-0.2, -0.15) is 0 Å². The van der Waals surface area contributed by atoms with Crippen molar-refractivity contribution in [3.63, 3.8) is 0 Å². The van der Waals surface area contributed by atoms with Crippen molar-refractivity contribution in [1.82, 2.24) is 10.3 Å². The minimum atomic E-state index is 0.573. The summed E-state index contributed by atoms with van der Waals surface area (Å²) in [5.74, 6) is 1.94. The molecule has 2 nitrogen and oxygen atoms in total. The smallest absolute Gasteiger partial charge is 0.129 e. The molecule has 2 aliphatic carbocycles. The number of nitrogens with zero attached hydrogens (tertiary/aromatic N) is 1. The number of fused-ring (bicyclic) bond motifs is 2. The molecule has 0 saturated heterocycles. The van der Waals surface area contributed by atoms with Crippen LogP contribution in [0.1, 0.15) is 31.2 Å².